The van der Waals surface area contributed by atoms with Gasteiger partial charge in [-0.3, -0.25) is 24.2 Å². The predicted molar refractivity (Wildman–Crippen MR) is 129 cm³/mol. The summed E-state index contributed by atoms with van der Waals surface area (Å²) in [4.78, 5) is 34.3. The normalized spacial score (nSPS) is 21.3. The first-order valence-corrected chi connectivity index (χ1v) is 12.2. The Bertz CT molecular complexity index is 1360. The van der Waals surface area contributed by atoms with Crippen molar-refractivity contribution in [2.24, 2.45) is 23.9 Å². The standard InChI is InChI=1S/C27H27N5O2/c1-30-23-12-21(8-9-22(23)13-28-30)18-2-4-19(5-3-18)24-29-27(10-11-27)26(34)32(24)16-17-14-31(15-17)25(33)20-6-7-20/h2-5,8-9,12-13,17,20H,6-7,10-11,14-16H2,1H3. The minimum absolute atomic E-state index is 0.139. The van der Waals surface area contributed by atoms with Gasteiger partial charge in [0.15, 0.2) is 0 Å². The summed E-state index contributed by atoms with van der Waals surface area (Å²) in [5.41, 5.74) is 3.82. The fourth-order valence-corrected chi connectivity index (χ4v) is 5.34. The van der Waals surface area contributed by atoms with Crippen molar-refractivity contribution in [1.29, 1.82) is 0 Å². The van der Waals surface area contributed by atoms with E-state index in [2.05, 4.69) is 47.6 Å². The second-order valence-corrected chi connectivity index (χ2v) is 10.4. The molecule has 0 bridgehead atoms. The Balaban J connectivity index is 1.11. The van der Waals surface area contributed by atoms with Crippen LogP contribution in [0.25, 0.3) is 22.0 Å². The van der Waals surface area contributed by atoms with Gasteiger partial charge in [-0.05, 0) is 42.9 Å². The molecule has 1 spiro atoms. The summed E-state index contributed by atoms with van der Waals surface area (Å²) < 4.78 is 1.89. The molecule has 2 aliphatic heterocycles. The Morgan fingerprint density at radius 3 is 2.44 bits per heavy atom. The third kappa shape index (κ3) is 3.10. The van der Waals surface area contributed by atoms with Gasteiger partial charge in [-0.15, -0.1) is 0 Å². The Labute approximate surface area is 198 Å². The van der Waals surface area contributed by atoms with Crippen LogP contribution in [-0.2, 0) is 16.6 Å². The van der Waals surface area contributed by atoms with Crippen LogP contribution in [0.15, 0.2) is 53.7 Å². The molecule has 2 aliphatic carbocycles. The minimum atomic E-state index is -0.522. The van der Waals surface area contributed by atoms with E-state index in [4.69, 9.17) is 4.99 Å². The first-order valence-electron chi connectivity index (χ1n) is 12.2. The molecule has 172 valence electrons. The first kappa shape index (κ1) is 19.9. The highest BCUT2D eigenvalue weighted by Gasteiger charge is 2.57. The lowest BCUT2D eigenvalue weighted by atomic mass is 9.97. The lowest BCUT2D eigenvalue weighted by Crippen LogP contribution is -2.55. The van der Waals surface area contributed by atoms with E-state index >= 15 is 0 Å². The number of likely N-dealkylation sites (tertiary alicyclic amines) is 1. The SMILES string of the molecule is Cn1ncc2ccc(-c3ccc(C4=NC5(CC5)C(=O)N4CC4CN(C(=O)C5CC5)C4)cc3)cc21. The van der Waals surface area contributed by atoms with E-state index in [1.54, 1.807) is 0 Å². The number of aryl methyl sites for hydroxylation is 1. The van der Waals surface area contributed by atoms with Crippen LogP contribution in [0.5, 0.6) is 0 Å². The number of carbonyl (C=O) groups excluding carboxylic acids is 2. The van der Waals surface area contributed by atoms with Crippen LogP contribution in [-0.4, -0.2) is 62.4 Å². The number of nitrogens with zero attached hydrogens (tertiary/aromatic N) is 5. The highest BCUT2D eigenvalue weighted by Crippen LogP contribution is 2.46. The number of benzene rings is 2. The Morgan fingerprint density at radius 1 is 1.03 bits per heavy atom. The third-order valence-electron chi connectivity index (χ3n) is 7.80. The van der Waals surface area contributed by atoms with Crippen LogP contribution in [0.3, 0.4) is 0 Å². The molecule has 3 aromatic rings. The smallest absolute Gasteiger partial charge is 0.256 e. The highest BCUT2D eigenvalue weighted by atomic mass is 16.2. The van der Waals surface area contributed by atoms with Crippen LogP contribution in [0.1, 0.15) is 31.2 Å². The number of fused-ring (bicyclic) bond motifs is 1. The lowest BCUT2D eigenvalue weighted by Gasteiger charge is -2.41. The van der Waals surface area contributed by atoms with Gasteiger partial charge in [-0.1, -0.05) is 36.4 Å². The molecule has 7 heteroatoms. The molecule has 1 aromatic heterocycles. The summed E-state index contributed by atoms with van der Waals surface area (Å²) in [6.45, 7) is 2.16. The van der Waals surface area contributed by atoms with Crippen molar-refractivity contribution in [3.63, 3.8) is 0 Å². The van der Waals surface area contributed by atoms with Crippen molar-refractivity contribution < 1.29 is 9.59 Å². The Hall–Kier alpha value is -3.48. The zero-order valence-corrected chi connectivity index (χ0v) is 19.3. The lowest BCUT2D eigenvalue weighted by molar-refractivity contribution is -0.139. The van der Waals surface area contributed by atoms with Gasteiger partial charge in [0.1, 0.15) is 11.4 Å². The van der Waals surface area contributed by atoms with Crippen LogP contribution < -0.4 is 0 Å². The maximum absolute atomic E-state index is 13.2. The molecule has 4 aliphatic rings. The average molecular weight is 454 g/mol. The molecular weight excluding hydrogens is 426 g/mol. The molecule has 0 N–H and O–H groups in total. The monoisotopic (exact) mass is 453 g/mol. The largest absolute Gasteiger partial charge is 0.342 e. The van der Waals surface area contributed by atoms with E-state index in [9.17, 15) is 9.59 Å². The number of amidine groups is 1. The summed E-state index contributed by atoms with van der Waals surface area (Å²) >= 11 is 0. The van der Waals surface area contributed by atoms with Gasteiger partial charge in [0.25, 0.3) is 5.91 Å². The summed E-state index contributed by atoms with van der Waals surface area (Å²) in [5, 5.41) is 5.46. The van der Waals surface area contributed by atoms with E-state index in [0.29, 0.717) is 18.4 Å². The molecule has 7 nitrogen and oxygen atoms in total. The Morgan fingerprint density at radius 2 is 1.74 bits per heavy atom. The van der Waals surface area contributed by atoms with Crippen LogP contribution >= 0.6 is 0 Å². The molecule has 1 saturated heterocycles. The van der Waals surface area contributed by atoms with E-state index in [1.165, 1.54) is 0 Å². The summed E-state index contributed by atoms with van der Waals surface area (Å²) in [5.74, 6) is 1.83. The van der Waals surface area contributed by atoms with Gasteiger partial charge in [-0.25, -0.2) is 0 Å². The second kappa shape index (κ2) is 7.01. The fourth-order valence-electron chi connectivity index (χ4n) is 5.34. The highest BCUT2D eigenvalue weighted by molar-refractivity contribution is 6.16. The zero-order valence-electron chi connectivity index (χ0n) is 19.3. The molecule has 2 aromatic carbocycles. The van der Waals surface area contributed by atoms with Crippen LogP contribution in [0.2, 0.25) is 0 Å². The van der Waals surface area contributed by atoms with Crippen molar-refractivity contribution in [2.75, 3.05) is 19.6 Å². The number of aromatic nitrogens is 2. The van der Waals surface area contributed by atoms with Gasteiger partial charge in [0.2, 0.25) is 5.91 Å². The van der Waals surface area contributed by atoms with Crippen LogP contribution in [0.4, 0.5) is 0 Å². The minimum Gasteiger partial charge on any atom is -0.342 e. The van der Waals surface area contributed by atoms with E-state index in [1.807, 2.05) is 27.7 Å². The topological polar surface area (TPSA) is 70.8 Å². The van der Waals surface area contributed by atoms with Gasteiger partial charge in [0, 0.05) is 49.5 Å². The molecule has 34 heavy (non-hydrogen) atoms. The Kier molecular flexibility index (Phi) is 4.11. The second-order valence-electron chi connectivity index (χ2n) is 10.4. The van der Waals surface area contributed by atoms with Crippen molar-refractivity contribution in [1.82, 2.24) is 19.6 Å². The number of rotatable bonds is 5. The zero-order chi connectivity index (χ0) is 23.0. The van der Waals surface area contributed by atoms with Gasteiger partial charge in [-0.2, -0.15) is 5.10 Å². The van der Waals surface area contributed by atoms with Gasteiger partial charge < -0.3 is 4.90 Å². The molecule has 0 radical (unpaired) electrons. The number of aliphatic imine (C=N–C) groups is 1. The number of carbonyl (C=O) groups is 2. The van der Waals surface area contributed by atoms with Gasteiger partial charge in [0.05, 0.1) is 11.7 Å². The average Bonchev–Trinajstić information content (AvgIpc) is 3.75. The summed E-state index contributed by atoms with van der Waals surface area (Å²) in [6, 6.07) is 14.7. The van der Waals surface area contributed by atoms with Crippen molar-refractivity contribution >= 4 is 28.6 Å². The molecule has 0 atom stereocenters. The van der Waals surface area contributed by atoms with Gasteiger partial charge >= 0.3 is 0 Å². The third-order valence-corrected chi connectivity index (χ3v) is 7.80. The van der Waals surface area contributed by atoms with Crippen molar-refractivity contribution in [3.05, 3.63) is 54.2 Å². The summed E-state index contributed by atoms with van der Waals surface area (Å²) in [7, 11) is 1.95. The van der Waals surface area contributed by atoms with Crippen LogP contribution in [0, 0.1) is 11.8 Å². The molecule has 2 amide bonds. The molecule has 7 rings (SSSR count). The number of hydrogen-bond donors (Lipinski definition) is 0. The molecule has 3 fully saturated rings. The molecule has 3 heterocycles. The first-order chi connectivity index (χ1) is 16.5. The quantitative estimate of drug-likeness (QED) is 0.596. The molecule has 0 unspecified atom stereocenters. The molecular formula is C27H27N5O2. The van der Waals surface area contributed by atoms with E-state index in [-0.39, 0.29) is 11.8 Å². The molecule has 2 saturated carbocycles. The van der Waals surface area contributed by atoms with Crippen molar-refractivity contribution in [2.45, 2.75) is 31.2 Å². The maximum atomic E-state index is 13.2. The fraction of sp³-hybridized carbons (Fsp3) is 0.407. The van der Waals surface area contributed by atoms with Crippen molar-refractivity contribution in [3.8, 4) is 11.1 Å². The maximum Gasteiger partial charge on any atom is 0.256 e. The van der Waals surface area contributed by atoms with E-state index < -0.39 is 5.54 Å². The summed E-state index contributed by atoms with van der Waals surface area (Å²) in [6.07, 6.45) is 5.63. The number of hydrogen-bond acceptors (Lipinski definition) is 4. The number of amides is 2. The van der Waals surface area contributed by atoms with E-state index in [0.717, 1.165) is 72.2 Å². The predicted octanol–water partition coefficient (Wildman–Crippen LogP) is 3.23.